The number of nitrogens with zero attached hydrogens (tertiary/aromatic N) is 1. The van der Waals surface area contributed by atoms with Gasteiger partial charge in [-0.2, -0.15) is 0 Å². The van der Waals surface area contributed by atoms with Gasteiger partial charge in [-0.3, -0.25) is 4.99 Å². The van der Waals surface area contributed by atoms with Crippen LogP contribution in [0.1, 0.15) is 16.7 Å². The van der Waals surface area contributed by atoms with Crippen molar-refractivity contribution in [3.05, 3.63) is 87.4 Å². The van der Waals surface area contributed by atoms with Crippen molar-refractivity contribution < 1.29 is 9.47 Å². The number of hydrogen-bond donors (Lipinski definition) is 0. The molecule has 0 N–H and O–H groups in total. The summed E-state index contributed by atoms with van der Waals surface area (Å²) in [7, 11) is 1.58. The summed E-state index contributed by atoms with van der Waals surface area (Å²) in [5, 5.41) is 1.10. The Kier molecular flexibility index (Phi) is 6.38. The molecule has 27 heavy (non-hydrogen) atoms. The van der Waals surface area contributed by atoms with Gasteiger partial charge in [-0.05, 0) is 42.3 Å². The first kappa shape index (κ1) is 19.3. The Morgan fingerprint density at radius 1 is 0.963 bits per heavy atom. The first-order valence-electron chi connectivity index (χ1n) is 8.42. The number of hydrogen-bond acceptors (Lipinski definition) is 3. The van der Waals surface area contributed by atoms with Crippen molar-refractivity contribution in [2.45, 2.75) is 13.5 Å². The number of ether oxygens (including phenoxy) is 2. The van der Waals surface area contributed by atoms with Crippen LogP contribution in [0.5, 0.6) is 11.5 Å². The monoisotopic (exact) mass is 399 g/mol. The summed E-state index contributed by atoms with van der Waals surface area (Å²) in [4.78, 5) is 4.53. The van der Waals surface area contributed by atoms with Gasteiger partial charge in [-0.25, -0.2) is 0 Å². The third kappa shape index (κ3) is 4.82. The van der Waals surface area contributed by atoms with Gasteiger partial charge < -0.3 is 9.47 Å². The molecule has 0 bridgehead atoms. The van der Waals surface area contributed by atoms with E-state index in [1.165, 1.54) is 0 Å². The fraction of sp³-hybridized carbons (Fsp3) is 0.136. The number of halogens is 2. The molecular weight excluding hydrogens is 381 g/mol. The number of methoxy groups -OCH3 is 1. The first-order chi connectivity index (χ1) is 13.1. The lowest BCUT2D eigenvalue weighted by molar-refractivity contribution is 0.285. The van der Waals surface area contributed by atoms with Gasteiger partial charge in [0.25, 0.3) is 0 Å². The van der Waals surface area contributed by atoms with E-state index in [1.807, 2.05) is 61.5 Å². The molecule has 0 aliphatic carbocycles. The number of aliphatic imine (C=N–C) groups is 1. The summed E-state index contributed by atoms with van der Waals surface area (Å²) < 4.78 is 11.3. The van der Waals surface area contributed by atoms with Crippen LogP contribution in [0.25, 0.3) is 0 Å². The molecule has 0 aliphatic heterocycles. The van der Waals surface area contributed by atoms with Gasteiger partial charge in [0.05, 0.1) is 17.8 Å². The molecular formula is C22H19Cl2NO2. The second-order valence-electron chi connectivity index (χ2n) is 5.96. The summed E-state index contributed by atoms with van der Waals surface area (Å²) in [6.07, 6.45) is 1.76. The van der Waals surface area contributed by atoms with Crippen molar-refractivity contribution >= 4 is 35.1 Å². The molecule has 0 fully saturated rings. The molecule has 3 nitrogen and oxygen atoms in total. The van der Waals surface area contributed by atoms with E-state index in [-0.39, 0.29) is 0 Å². The van der Waals surface area contributed by atoms with Crippen LogP contribution >= 0.6 is 23.2 Å². The van der Waals surface area contributed by atoms with Gasteiger partial charge in [-0.1, -0.05) is 59.6 Å². The highest BCUT2D eigenvalue weighted by molar-refractivity contribution is 6.32. The first-order valence-corrected chi connectivity index (χ1v) is 9.17. The molecule has 3 rings (SSSR count). The quantitative estimate of drug-likeness (QED) is 0.434. The highest BCUT2D eigenvalue weighted by Gasteiger charge is 2.12. The predicted molar refractivity (Wildman–Crippen MR) is 112 cm³/mol. The lowest BCUT2D eigenvalue weighted by Gasteiger charge is -2.14. The molecule has 0 saturated carbocycles. The molecule has 0 heterocycles. The molecule has 0 aliphatic rings. The number of rotatable bonds is 6. The summed E-state index contributed by atoms with van der Waals surface area (Å²) in [6.45, 7) is 2.32. The fourth-order valence-electron chi connectivity index (χ4n) is 2.57. The van der Waals surface area contributed by atoms with Crippen molar-refractivity contribution in [1.29, 1.82) is 0 Å². The second kappa shape index (κ2) is 8.94. The Morgan fingerprint density at radius 2 is 1.70 bits per heavy atom. The number of para-hydroxylation sites is 1. The van der Waals surface area contributed by atoms with Gasteiger partial charge in [-0.15, -0.1) is 0 Å². The minimum Gasteiger partial charge on any atom is -0.493 e. The smallest absolute Gasteiger partial charge is 0.180 e. The van der Waals surface area contributed by atoms with Crippen LogP contribution in [0.4, 0.5) is 5.69 Å². The average Bonchev–Trinajstić information content (AvgIpc) is 2.67. The Morgan fingerprint density at radius 3 is 2.44 bits per heavy atom. The van der Waals surface area contributed by atoms with Crippen LogP contribution < -0.4 is 9.47 Å². The normalized spacial score (nSPS) is 11.0. The van der Waals surface area contributed by atoms with Crippen molar-refractivity contribution in [3.63, 3.8) is 0 Å². The highest BCUT2D eigenvalue weighted by Crippen LogP contribution is 2.37. The van der Waals surface area contributed by atoms with Gasteiger partial charge in [0.2, 0.25) is 0 Å². The van der Waals surface area contributed by atoms with Gasteiger partial charge in [0.1, 0.15) is 6.61 Å². The number of aryl methyl sites for hydroxylation is 1. The van der Waals surface area contributed by atoms with Crippen LogP contribution in [-0.4, -0.2) is 13.3 Å². The maximum absolute atomic E-state index is 6.43. The highest BCUT2D eigenvalue weighted by atomic mass is 35.5. The largest absolute Gasteiger partial charge is 0.493 e. The van der Waals surface area contributed by atoms with E-state index in [0.717, 1.165) is 22.4 Å². The maximum atomic E-state index is 6.43. The predicted octanol–water partition coefficient (Wildman–Crippen LogP) is 6.64. The average molecular weight is 400 g/mol. The van der Waals surface area contributed by atoms with E-state index in [1.54, 1.807) is 19.4 Å². The van der Waals surface area contributed by atoms with Crippen molar-refractivity contribution in [2.24, 2.45) is 4.99 Å². The van der Waals surface area contributed by atoms with E-state index in [9.17, 15) is 0 Å². The zero-order valence-corrected chi connectivity index (χ0v) is 16.6. The van der Waals surface area contributed by atoms with Crippen LogP contribution in [0.15, 0.2) is 65.7 Å². The summed E-state index contributed by atoms with van der Waals surface area (Å²) in [5.41, 5.74) is 3.71. The fourth-order valence-corrected chi connectivity index (χ4v) is 3.04. The Hall–Kier alpha value is -2.49. The topological polar surface area (TPSA) is 30.8 Å². The van der Waals surface area contributed by atoms with Crippen LogP contribution in [0.3, 0.4) is 0 Å². The van der Waals surface area contributed by atoms with Crippen molar-refractivity contribution in [2.75, 3.05) is 7.11 Å². The standard InChI is InChI=1S/C22H19Cl2NO2/c1-15-7-3-6-10-20(15)25-13-16-11-19(24)22(21(12-16)26-2)27-14-17-8-4-5-9-18(17)23/h3-13H,14H2,1-2H3. The zero-order valence-electron chi connectivity index (χ0n) is 15.1. The summed E-state index contributed by atoms with van der Waals surface area (Å²) in [5.74, 6) is 1.02. The third-order valence-corrected chi connectivity index (χ3v) is 4.70. The van der Waals surface area contributed by atoms with Crippen molar-refractivity contribution in [1.82, 2.24) is 0 Å². The van der Waals surface area contributed by atoms with Crippen molar-refractivity contribution in [3.8, 4) is 11.5 Å². The zero-order chi connectivity index (χ0) is 19.2. The molecule has 0 spiro atoms. The van der Waals surface area contributed by atoms with E-state index in [4.69, 9.17) is 32.7 Å². The Balaban J connectivity index is 1.83. The minimum absolute atomic E-state index is 0.298. The van der Waals surface area contributed by atoms with E-state index >= 15 is 0 Å². The molecule has 0 amide bonds. The number of benzene rings is 3. The lowest BCUT2D eigenvalue weighted by Crippen LogP contribution is -2.00. The minimum atomic E-state index is 0.298. The molecule has 138 valence electrons. The Bertz CT molecular complexity index is 970. The summed E-state index contributed by atoms with van der Waals surface area (Å²) in [6, 6.07) is 19.1. The third-order valence-electron chi connectivity index (χ3n) is 4.05. The maximum Gasteiger partial charge on any atom is 0.180 e. The molecule has 0 aromatic heterocycles. The SMILES string of the molecule is COc1cc(C=Nc2ccccc2C)cc(Cl)c1OCc1ccccc1Cl. The molecule has 3 aromatic rings. The molecule has 0 radical (unpaired) electrons. The van der Waals surface area contributed by atoms with E-state index in [0.29, 0.717) is 28.2 Å². The molecule has 0 atom stereocenters. The molecule has 3 aromatic carbocycles. The molecule has 0 unspecified atom stereocenters. The van der Waals surface area contributed by atoms with Gasteiger partial charge in [0.15, 0.2) is 11.5 Å². The van der Waals surface area contributed by atoms with Gasteiger partial charge in [0, 0.05) is 16.8 Å². The van der Waals surface area contributed by atoms with Crippen LogP contribution in [0, 0.1) is 6.92 Å². The van der Waals surface area contributed by atoms with Gasteiger partial charge >= 0.3 is 0 Å². The van der Waals surface area contributed by atoms with Crippen LogP contribution in [0.2, 0.25) is 10.0 Å². The van der Waals surface area contributed by atoms with E-state index < -0.39 is 0 Å². The van der Waals surface area contributed by atoms with Crippen LogP contribution in [-0.2, 0) is 6.61 Å². The second-order valence-corrected chi connectivity index (χ2v) is 6.77. The molecule has 0 saturated heterocycles. The summed E-state index contributed by atoms with van der Waals surface area (Å²) >= 11 is 12.6. The lowest BCUT2D eigenvalue weighted by atomic mass is 10.2. The molecule has 5 heteroatoms. The Labute approximate surface area is 169 Å². The van der Waals surface area contributed by atoms with E-state index in [2.05, 4.69) is 4.99 Å².